The Bertz CT molecular complexity index is 636. The summed E-state index contributed by atoms with van der Waals surface area (Å²) >= 11 is 6.24. The standard InChI is InChI=1S/C19H29ClN2O5/c1-13(8-6-7-9-19(2,24)22-18(23)27-26-5)10-14-11-15(21-3)17(20)16(12-14)25-4/h6-8,11-12,18,21-24H,9-10H2,1-5H3/b7-6+,13-8+/t18?,19-/m0/s1. The molecule has 0 spiro atoms. The van der Waals surface area contributed by atoms with Crippen LogP contribution in [0.25, 0.3) is 0 Å². The minimum atomic E-state index is -1.42. The van der Waals surface area contributed by atoms with Crippen molar-refractivity contribution in [2.45, 2.75) is 38.8 Å². The number of aliphatic hydroxyl groups is 2. The highest BCUT2D eigenvalue weighted by Gasteiger charge is 2.22. The minimum Gasteiger partial charge on any atom is -0.495 e. The zero-order chi connectivity index (χ0) is 20.4. The highest BCUT2D eigenvalue weighted by atomic mass is 35.5. The average Bonchev–Trinajstić information content (AvgIpc) is 2.59. The van der Waals surface area contributed by atoms with Gasteiger partial charge in [0.05, 0.1) is 19.9 Å². The van der Waals surface area contributed by atoms with E-state index in [-0.39, 0.29) is 6.42 Å². The highest BCUT2D eigenvalue weighted by Crippen LogP contribution is 2.34. The molecule has 0 aromatic heterocycles. The van der Waals surface area contributed by atoms with Crippen molar-refractivity contribution in [3.05, 3.63) is 46.5 Å². The van der Waals surface area contributed by atoms with E-state index >= 15 is 0 Å². The molecule has 2 atom stereocenters. The van der Waals surface area contributed by atoms with Gasteiger partial charge in [-0.1, -0.05) is 35.4 Å². The number of methoxy groups -OCH3 is 1. The molecule has 0 fully saturated rings. The fourth-order valence-electron chi connectivity index (χ4n) is 2.44. The molecule has 0 saturated heterocycles. The molecule has 0 saturated carbocycles. The Hall–Kier alpha value is -1.61. The molecule has 0 aliphatic carbocycles. The second-order valence-corrected chi connectivity index (χ2v) is 6.64. The molecule has 0 aliphatic rings. The quantitative estimate of drug-likeness (QED) is 0.196. The molecule has 152 valence electrons. The lowest BCUT2D eigenvalue weighted by Gasteiger charge is -2.25. The molecule has 0 heterocycles. The van der Waals surface area contributed by atoms with Gasteiger partial charge in [-0.2, -0.15) is 4.89 Å². The first-order chi connectivity index (χ1) is 12.7. The van der Waals surface area contributed by atoms with E-state index in [1.165, 1.54) is 14.0 Å². The van der Waals surface area contributed by atoms with E-state index in [1.807, 2.05) is 38.3 Å². The zero-order valence-electron chi connectivity index (χ0n) is 16.4. The fraction of sp³-hybridized carbons (Fsp3) is 0.474. The number of allylic oxidation sites excluding steroid dienone is 3. The van der Waals surface area contributed by atoms with Crippen LogP contribution in [-0.2, 0) is 16.2 Å². The summed E-state index contributed by atoms with van der Waals surface area (Å²) in [6.45, 7) is 3.53. The van der Waals surface area contributed by atoms with Crippen LogP contribution >= 0.6 is 11.6 Å². The predicted octanol–water partition coefficient (Wildman–Crippen LogP) is 2.98. The van der Waals surface area contributed by atoms with Gasteiger partial charge < -0.3 is 20.3 Å². The fourth-order valence-corrected chi connectivity index (χ4v) is 2.72. The van der Waals surface area contributed by atoms with Crippen LogP contribution in [0, 0.1) is 0 Å². The van der Waals surface area contributed by atoms with Gasteiger partial charge in [0.1, 0.15) is 16.5 Å². The first-order valence-corrected chi connectivity index (χ1v) is 8.84. The number of nitrogens with one attached hydrogen (secondary N) is 2. The van der Waals surface area contributed by atoms with Crippen LogP contribution in [0.3, 0.4) is 0 Å². The SMILES string of the molecule is CNc1cc(C/C(C)=C/C=C/C[C@](C)(O)NC(O)OOC)cc(OC)c1Cl. The Morgan fingerprint density at radius 2 is 2.07 bits per heavy atom. The van der Waals surface area contributed by atoms with Crippen molar-refractivity contribution < 1.29 is 24.7 Å². The summed E-state index contributed by atoms with van der Waals surface area (Å²) in [7, 11) is 4.66. The molecule has 7 nitrogen and oxygen atoms in total. The lowest BCUT2D eigenvalue weighted by atomic mass is 10.0. The van der Waals surface area contributed by atoms with Gasteiger partial charge in [-0.25, -0.2) is 10.2 Å². The summed E-state index contributed by atoms with van der Waals surface area (Å²) in [5.41, 5.74) is 1.65. The lowest BCUT2D eigenvalue weighted by molar-refractivity contribution is -0.370. The van der Waals surface area contributed by atoms with Crippen molar-refractivity contribution in [2.24, 2.45) is 0 Å². The van der Waals surface area contributed by atoms with E-state index in [1.54, 1.807) is 13.2 Å². The van der Waals surface area contributed by atoms with Gasteiger partial charge in [0, 0.05) is 13.5 Å². The van der Waals surface area contributed by atoms with Crippen molar-refractivity contribution in [2.75, 3.05) is 26.6 Å². The summed E-state index contributed by atoms with van der Waals surface area (Å²) in [6.07, 6.45) is 5.16. The molecule has 1 unspecified atom stereocenters. The molecular formula is C19H29ClN2O5. The first kappa shape index (κ1) is 23.4. The number of hydrogen-bond acceptors (Lipinski definition) is 7. The lowest BCUT2D eigenvalue weighted by Crippen LogP contribution is -2.48. The van der Waals surface area contributed by atoms with Crippen LogP contribution in [0.5, 0.6) is 5.75 Å². The molecule has 4 N–H and O–H groups in total. The van der Waals surface area contributed by atoms with Crippen LogP contribution < -0.4 is 15.4 Å². The van der Waals surface area contributed by atoms with E-state index in [0.717, 1.165) is 23.2 Å². The van der Waals surface area contributed by atoms with Gasteiger partial charge in [-0.05, 0) is 38.0 Å². The van der Waals surface area contributed by atoms with Crippen molar-refractivity contribution in [3.8, 4) is 5.75 Å². The van der Waals surface area contributed by atoms with Crippen molar-refractivity contribution in [1.82, 2.24) is 5.32 Å². The monoisotopic (exact) mass is 400 g/mol. The zero-order valence-corrected chi connectivity index (χ0v) is 17.1. The maximum atomic E-state index is 10.1. The first-order valence-electron chi connectivity index (χ1n) is 8.46. The minimum absolute atomic E-state index is 0.263. The summed E-state index contributed by atoms with van der Waals surface area (Å²) < 4.78 is 5.31. The molecule has 0 bridgehead atoms. The number of benzene rings is 1. The normalized spacial score (nSPS) is 15.6. The van der Waals surface area contributed by atoms with E-state index in [2.05, 4.69) is 20.4 Å². The molecular weight excluding hydrogens is 372 g/mol. The number of hydrogen-bond donors (Lipinski definition) is 4. The Morgan fingerprint density at radius 3 is 2.67 bits per heavy atom. The third-order valence-corrected chi connectivity index (χ3v) is 4.12. The van der Waals surface area contributed by atoms with Crippen molar-refractivity contribution >= 4 is 17.3 Å². The van der Waals surface area contributed by atoms with Gasteiger partial charge >= 0.3 is 0 Å². The van der Waals surface area contributed by atoms with E-state index < -0.39 is 12.1 Å². The number of halogens is 1. The van der Waals surface area contributed by atoms with Crippen LogP contribution in [0.4, 0.5) is 5.69 Å². The molecule has 1 aromatic rings. The van der Waals surface area contributed by atoms with Crippen LogP contribution in [0.2, 0.25) is 5.02 Å². The highest BCUT2D eigenvalue weighted by molar-refractivity contribution is 6.34. The van der Waals surface area contributed by atoms with Gasteiger partial charge in [0.2, 0.25) is 6.41 Å². The Balaban J connectivity index is 2.68. The molecule has 1 rings (SSSR count). The molecule has 27 heavy (non-hydrogen) atoms. The summed E-state index contributed by atoms with van der Waals surface area (Å²) in [6, 6.07) is 3.90. The van der Waals surface area contributed by atoms with Crippen LogP contribution in [0.15, 0.2) is 35.9 Å². The third kappa shape index (κ3) is 8.30. The van der Waals surface area contributed by atoms with E-state index in [0.29, 0.717) is 10.8 Å². The topological polar surface area (TPSA) is 92.2 Å². The maximum Gasteiger partial charge on any atom is 0.247 e. The number of rotatable bonds is 11. The largest absolute Gasteiger partial charge is 0.495 e. The predicted molar refractivity (Wildman–Crippen MR) is 107 cm³/mol. The number of aliphatic hydroxyl groups excluding tert-OH is 1. The molecule has 0 amide bonds. The summed E-state index contributed by atoms with van der Waals surface area (Å²) in [4.78, 5) is 8.79. The Labute approximate surface area is 165 Å². The maximum absolute atomic E-state index is 10.1. The average molecular weight is 401 g/mol. The third-order valence-electron chi connectivity index (χ3n) is 3.73. The molecule has 0 radical (unpaired) electrons. The number of anilines is 1. The van der Waals surface area contributed by atoms with Gasteiger partial charge in [0.25, 0.3) is 0 Å². The van der Waals surface area contributed by atoms with Gasteiger partial charge in [-0.15, -0.1) is 0 Å². The smallest absolute Gasteiger partial charge is 0.247 e. The summed E-state index contributed by atoms with van der Waals surface area (Å²) in [5, 5.41) is 25.6. The summed E-state index contributed by atoms with van der Waals surface area (Å²) in [5.74, 6) is 0.626. The molecule has 8 heteroatoms. The van der Waals surface area contributed by atoms with E-state index in [4.69, 9.17) is 16.3 Å². The number of ether oxygens (including phenoxy) is 1. The molecule has 0 aliphatic heterocycles. The Morgan fingerprint density at radius 1 is 1.37 bits per heavy atom. The second kappa shape index (κ2) is 11.3. The van der Waals surface area contributed by atoms with Crippen LogP contribution in [0.1, 0.15) is 25.8 Å². The van der Waals surface area contributed by atoms with Gasteiger partial charge in [0.15, 0.2) is 0 Å². The van der Waals surface area contributed by atoms with Crippen LogP contribution in [-0.4, -0.2) is 43.6 Å². The van der Waals surface area contributed by atoms with E-state index in [9.17, 15) is 10.2 Å². The Kier molecular flexibility index (Phi) is 9.79. The van der Waals surface area contributed by atoms with Gasteiger partial charge in [-0.3, -0.25) is 0 Å². The molecule has 1 aromatic carbocycles. The second-order valence-electron chi connectivity index (χ2n) is 6.27. The van der Waals surface area contributed by atoms with Crippen molar-refractivity contribution in [3.63, 3.8) is 0 Å². The van der Waals surface area contributed by atoms with Crippen molar-refractivity contribution in [1.29, 1.82) is 0 Å².